The van der Waals surface area contributed by atoms with E-state index in [1.54, 1.807) is 6.92 Å². The maximum absolute atomic E-state index is 14.2. The summed E-state index contributed by atoms with van der Waals surface area (Å²) < 4.78 is 19.8. The van der Waals surface area contributed by atoms with Gasteiger partial charge in [-0.05, 0) is 48.9 Å². The maximum Gasteiger partial charge on any atom is 0.326 e. The van der Waals surface area contributed by atoms with E-state index in [0.717, 1.165) is 6.07 Å². The number of anilines is 1. The monoisotopic (exact) mass is 458 g/mol. The van der Waals surface area contributed by atoms with Gasteiger partial charge >= 0.3 is 6.03 Å². The van der Waals surface area contributed by atoms with Crippen molar-refractivity contribution in [1.82, 2.24) is 4.98 Å². The lowest BCUT2D eigenvalue weighted by Crippen LogP contribution is -2.41. The van der Waals surface area contributed by atoms with Crippen LogP contribution in [0.1, 0.15) is 21.5 Å². The Balaban J connectivity index is 1.95. The lowest BCUT2D eigenvalue weighted by atomic mass is 10.1. The number of nitriles is 1. The highest BCUT2D eigenvalue weighted by molar-refractivity contribution is 6.36. The van der Waals surface area contributed by atoms with Crippen LogP contribution in [-0.4, -0.2) is 16.9 Å². The lowest BCUT2D eigenvalue weighted by Gasteiger charge is -2.21. The second-order valence-electron chi connectivity index (χ2n) is 6.25. The van der Waals surface area contributed by atoms with Gasteiger partial charge in [-0.15, -0.1) is 0 Å². The highest BCUT2D eigenvalue weighted by Gasteiger charge is 2.27. The summed E-state index contributed by atoms with van der Waals surface area (Å²) in [5.74, 6) is -1.51. The Bertz CT molecular complexity index is 1220. The van der Waals surface area contributed by atoms with E-state index < -0.39 is 23.3 Å². The number of amides is 3. The predicted octanol–water partition coefficient (Wildman–Crippen LogP) is 5.23. The van der Waals surface area contributed by atoms with E-state index in [-0.39, 0.29) is 27.2 Å². The van der Waals surface area contributed by atoms with Crippen LogP contribution in [0.15, 0.2) is 48.7 Å². The number of urea groups is 1. The summed E-state index contributed by atoms with van der Waals surface area (Å²) >= 11 is 12.0. The number of aryl methyl sites for hydroxylation is 1. The molecule has 156 valence electrons. The fraction of sp³-hybridized carbons (Fsp3) is 0.0476. The zero-order valence-corrected chi connectivity index (χ0v) is 17.4. The van der Waals surface area contributed by atoms with Crippen LogP contribution in [0.5, 0.6) is 11.6 Å². The standard InChI is InChI=1S/C21H13Cl2FN4O3/c1-11-7-13(5-6-17(11)31-19-15(23)8-12(9-25)10-27-19)28(21(26)30)20(29)18-14(22)3-2-4-16(18)24/h2-8,10H,1H3,(H2,26,30). The molecule has 0 aliphatic carbocycles. The summed E-state index contributed by atoms with van der Waals surface area (Å²) in [5.41, 5.74) is 5.76. The zero-order chi connectivity index (χ0) is 22.7. The quantitative estimate of drug-likeness (QED) is 0.575. The molecule has 2 aromatic carbocycles. The minimum absolute atomic E-state index is 0.0671. The molecule has 10 heteroatoms. The number of benzene rings is 2. The van der Waals surface area contributed by atoms with Gasteiger partial charge in [0.25, 0.3) is 5.91 Å². The first kappa shape index (κ1) is 22.0. The van der Waals surface area contributed by atoms with E-state index >= 15 is 0 Å². The average Bonchev–Trinajstić information content (AvgIpc) is 2.71. The molecular weight excluding hydrogens is 446 g/mol. The summed E-state index contributed by atoms with van der Waals surface area (Å²) in [7, 11) is 0. The minimum Gasteiger partial charge on any atom is -0.437 e. The summed E-state index contributed by atoms with van der Waals surface area (Å²) in [6.45, 7) is 1.65. The normalized spacial score (nSPS) is 10.3. The number of hydrogen-bond acceptors (Lipinski definition) is 5. The van der Waals surface area contributed by atoms with Gasteiger partial charge in [0.05, 0.1) is 21.8 Å². The van der Waals surface area contributed by atoms with E-state index in [4.69, 9.17) is 38.9 Å². The molecule has 1 heterocycles. The highest BCUT2D eigenvalue weighted by atomic mass is 35.5. The van der Waals surface area contributed by atoms with Crippen LogP contribution >= 0.6 is 23.2 Å². The fourth-order valence-corrected chi connectivity index (χ4v) is 3.16. The summed E-state index contributed by atoms with van der Waals surface area (Å²) in [6, 6.07) is 10.2. The van der Waals surface area contributed by atoms with Gasteiger partial charge in [-0.1, -0.05) is 29.3 Å². The Morgan fingerprint density at radius 2 is 1.94 bits per heavy atom. The second kappa shape index (κ2) is 9.00. The number of carbonyl (C=O) groups is 2. The van der Waals surface area contributed by atoms with E-state index in [1.165, 1.54) is 42.6 Å². The molecule has 0 bridgehead atoms. The Morgan fingerprint density at radius 3 is 2.52 bits per heavy atom. The highest BCUT2D eigenvalue weighted by Crippen LogP contribution is 2.32. The minimum atomic E-state index is -1.12. The van der Waals surface area contributed by atoms with Gasteiger partial charge in [0.1, 0.15) is 22.7 Å². The molecule has 0 aliphatic heterocycles. The third kappa shape index (κ3) is 4.58. The van der Waals surface area contributed by atoms with Crippen molar-refractivity contribution in [2.24, 2.45) is 5.73 Å². The molecule has 0 saturated heterocycles. The molecule has 7 nitrogen and oxygen atoms in total. The number of ether oxygens (including phenoxy) is 1. The summed E-state index contributed by atoms with van der Waals surface area (Å²) in [6.07, 6.45) is 1.30. The van der Waals surface area contributed by atoms with E-state index in [1.807, 2.05) is 6.07 Å². The number of halogens is 3. The molecule has 3 rings (SSSR count). The summed E-state index contributed by atoms with van der Waals surface area (Å²) in [5, 5.41) is 8.86. The van der Waals surface area contributed by atoms with Crippen LogP contribution < -0.4 is 15.4 Å². The van der Waals surface area contributed by atoms with Gasteiger partial charge in [-0.3, -0.25) is 4.79 Å². The molecule has 0 atom stereocenters. The number of nitrogens with zero attached hydrogens (tertiary/aromatic N) is 3. The first-order chi connectivity index (χ1) is 14.7. The SMILES string of the molecule is Cc1cc(N(C(N)=O)C(=O)c2c(F)cccc2Cl)ccc1Oc1ncc(C#N)cc1Cl. The number of aromatic nitrogens is 1. The molecular formula is C21H13Cl2FN4O3. The van der Waals surface area contributed by atoms with Crippen molar-refractivity contribution in [3.8, 4) is 17.7 Å². The number of imide groups is 1. The largest absolute Gasteiger partial charge is 0.437 e. The van der Waals surface area contributed by atoms with E-state index in [0.29, 0.717) is 16.2 Å². The number of primary amides is 1. The Labute approximate surface area is 186 Å². The molecule has 3 amide bonds. The van der Waals surface area contributed by atoms with E-state index in [9.17, 15) is 14.0 Å². The van der Waals surface area contributed by atoms with Crippen molar-refractivity contribution in [3.63, 3.8) is 0 Å². The van der Waals surface area contributed by atoms with Gasteiger partial charge in [-0.2, -0.15) is 5.26 Å². The number of nitrogens with two attached hydrogens (primary N) is 1. The number of pyridine rings is 1. The Morgan fingerprint density at radius 1 is 1.19 bits per heavy atom. The van der Waals surface area contributed by atoms with Crippen molar-refractivity contribution >= 4 is 40.8 Å². The molecule has 0 radical (unpaired) electrons. The maximum atomic E-state index is 14.2. The van der Waals surface area contributed by atoms with Gasteiger partial charge in [-0.25, -0.2) is 19.1 Å². The average molecular weight is 459 g/mol. The van der Waals surface area contributed by atoms with Gasteiger partial charge in [0.2, 0.25) is 5.88 Å². The topological polar surface area (TPSA) is 109 Å². The van der Waals surface area contributed by atoms with Crippen LogP contribution in [0, 0.1) is 24.1 Å². The van der Waals surface area contributed by atoms with Crippen molar-refractivity contribution < 1.29 is 18.7 Å². The molecule has 2 N–H and O–H groups in total. The van der Waals surface area contributed by atoms with Gasteiger partial charge < -0.3 is 10.5 Å². The molecule has 31 heavy (non-hydrogen) atoms. The molecule has 1 aromatic heterocycles. The van der Waals surface area contributed by atoms with Crippen LogP contribution in [0.4, 0.5) is 14.9 Å². The first-order valence-corrected chi connectivity index (χ1v) is 9.40. The molecule has 0 spiro atoms. The third-order valence-electron chi connectivity index (χ3n) is 4.16. The number of carbonyl (C=O) groups excluding carboxylic acids is 2. The molecule has 0 unspecified atom stereocenters. The Kier molecular flexibility index (Phi) is 6.39. The smallest absolute Gasteiger partial charge is 0.326 e. The number of hydrogen-bond donors (Lipinski definition) is 1. The Hall–Kier alpha value is -3.67. The van der Waals surface area contributed by atoms with Gasteiger partial charge in [0.15, 0.2) is 0 Å². The number of rotatable bonds is 4. The lowest BCUT2D eigenvalue weighted by molar-refractivity contribution is 0.0991. The molecule has 0 fully saturated rings. The predicted molar refractivity (Wildman–Crippen MR) is 113 cm³/mol. The first-order valence-electron chi connectivity index (χ1n) is 8.65. The van der Waals surface area contributed by atoms with Crippen molar-refractivity contribution in [3.05, 3.63) is 81.2 Å². The van der Waals surface area contributed by atoms with Crippen molar-refractivity contribution in [2.45, 2.75) is 6.92 Å². The van der Waals surface area contributed by atoms with Crippen molar-refractivity contribution in [1.29, 1.82) is 5.26 Å². The van der Waals surface area contributed by atoms with Crippen LogP contribution in [0.3, 0.4) is 0 Å². The molecule has 0 saturated carbocycles. The van der Waals surface area contributed by atoms with Crippen LogP contribution in [0.25, 0.3) is 0 Å². The van der Waals surface area contributed by atoms with Gasteiger partial charge in [0, 0.05) is 6.20 Å². The second-order valence-corrected chi connectivity index (χ2v) is 7.06. The van der Waals surface area contributed by atoms with E-state index in [2.05, 4.69) is 4.98 Å². The van der Waals surface area contributed by atoms with Crippen LogP contribution in [-0.2, 0) is 0 Å². The third-order valence-corrected chi connectivity index (χ3v) is 4.75. The van der Waals surface area contributed by atoms with Crippen molar-refractivity contribution in [2.75, 3.05) is 4.90 Å². The molecule has 0 aliphatic rings. The summed E-state index contributed by atoms with van der Waals surface area (Å²) in [4.78, 5) is 29.4. The molecule has 3 aromatic rings. The fourth-order valence-electron chi connectivity index (χ4n) is 2.71. The zero-order valence-electron chi connectivity index (χ0n) is 15.9. The van der Waals surface area contributed by atoms with Crippen LogP contribution in [0.2, 0.25) is 10.0 Å².